The summed E-state index contributed by atoms with van der Waals surface area (Å²) in [7, 11) is -2.01. The molecule has 0 unspecified atom stereocenters. The van der Waals surface area contributed by atoms with E-state index in [0.717, 1.165) is 27.7 Å². The molecule has 8 aromatic carbocycles. The van der Waals surface area contributed by atoms with Gasteiger partial charge in [0.2, 0.25) is 7.59 Å². The van der Waals surface area contributed by atoms with Crippen molar-refractivity contribution in [1.29, 1.82) is 0 Å². The number of amides is 2. The number of alkyl carbamates (subject to hydrolysis) is 2. The summed E-state index contributed by atoms with van der Waals surface area (Å²) in [4.78, 5) is 146. The summed E-state index contributed by atoms with van der Waals surface area (Å²) in [6.07, 6.45) is -48.0. The van der Waals surface area contributed by atoms with Gasteiger partial charge >= 0.3 is 59.9 Å². The van der Waals surface area contributed by atoms with Gasteiger partial charge in [-0.1, -0.05) is 283 Å². The molecule has 26 atom stereocenters. The summed E-state index contributed by atoms with van der Waals surface area (Å²) in [5.74, 6) is -7.96. The van der Waals surface area contributed by atoms with Crippen LogP contribution in [0.2, 0.25) is 25.7 Å². The Morgan fingerprint density at radius 2 is 0.698 bits per heavy atom. The summed E-state index contributed by atoms with van der Waals surface area (Å²) in [5, 5.41) is 5.61. The van der Waals surface area contributed by atoms with E-state index in [2.05, 4.69) is 30.3 Å². The van der Waals surface area contributed by atoms with Crippen molar-refractivity contribution < 1.29 is 166 Å². The van der Waals surface area contributed by atoms with Crippen LogP contribution in [0.25, 0.3) is 0 Å². The number of alkyl halides is 6. The molecule has 0 radical (unpaired) electrons. The summed E-state index contributed by atoms with van der Waals surface area (Å²) in [6.45, 7) is 6.55. The van der Waals surface area contributed by atoms with Gasteiger partial charge in [-0.3, -0.25) is 19.2 Å². The Morgan fingerprint density at radius 3 is 1.16 bits per heavy atom. The fourth-order valence-corrected chi connectivity index (χ4v) is 18.2. The molecule has 37 nitrogen and oxygen atoms in total. The molecule has 6 aliphatic rings. The Morgan fingerprint density at radius 1 is 0.342 bits per heavy atom. The highest BCUT2D eigenvalue weighted by molar-refractivity contribution is 6.76. The van der Waals surface area contributed by atoms with Gasteiger partial charge in [0.1, 0.15) is 92.9 Å². The highest BCUT2D eigenvalue weighted by Gasteiger charge is 2.63. The second-order valence-electron chi connectivity index (χ2n) is 36.6. The fourth-order valence-electron chi connectivity index (χ4n) is 17.2. The number of nitrogens with one attached hydrogen (secondary N) is 2. The topological polar surface area (TPSA) is 426 Å². The molecular formula is C105H114Cl6N2O35Si. The third kappa shape index (κ3) is 33.2. The van der Waals surface area contributed by atoms with Crippen LogP contribution < -0.4 is 10.6 Å². The Kier molecular flexibility index (Phi) is 41.4. The maximum Gasteiger partial charge on any atom is 0.407 e. The average molecular weight is 2200 g/mol. The predicted octanol–water partition coefficient (Wildman–Crippen LogP) is 14.9. The van der Waals surface area contributed by atoms with Crippen molar-refractivity contribution >= 4 is 138 Å². The first-order valence-electron chi connectivity index (χ1n) is 47.8. The third-order valence-corrected chi connectivity index (χ3v) is 26.4. The van der Waals surface area contributed by atoms with Crippen LogP contribution in [-0.2, 0) is 157 Å². The maximum atomic E-state index is 15.8. The van der Waals surface area contributed by atoms with Crippen LogP contribution in [0.1, 0.15) is 105 Å². The molecule has 800 valence electrons. The van der Waals surface area contributed by atoms with Gasteiger partial charge in [0, 0.05) is 47.9 Å². The van der Waals surface area contributed by atoms with Crippen LogP contribution in [0.5, 0.6) is 0 Å². The molecule has 44 heteroatoms. The Bertz CT molecular complexity index is 5670. The van der Waals surface area contributed by atoms with Gasteiger partial charge in [-0.15, -0.1) is 0 Å². The molecule has 6 heterocycles. The number of carbonyl (C=O) groups is 10. The van der Waals surface area contributed by atoms with Crippen LogP contribution >= 0.6 is 69.6 Å². The second kappa shape index (κ2) is 54.1. The van der Waals surface area contributed by atoms with Gasteiger partial charge in [-0.05, 0) is 78.2 Å². The lowest BCUT2D eigenvalue weighted by Gasteiger charge is -2.54. The molecule has 0 aromatic heterocycles. The molecule has 0 spiro atoms. The number of rotatable bonds is 41. The summed E-state index contributed by atoms with van der Waals surface area (Å²) >= 11 is 38.7. The average Bonchev–Trinajstić information content (AvgIpc) is 0.743. The number of esters is 8. The zero-order valence-corrected chi connectivity index (χ0v) is 87.5. The Hall–Kier alpha value is -10.6. The van der Waals surface area contributed by atoms with E-state index in [1.165, 1.54) is 55.5 Å². The number of halogens is 6. The fraction of sp³-hybridized carbons (Fsp3) is 0.448. The predicted molar refractivity (Wildman–Crippen MR) is 533 cm³/mol. The minimum absolute atomic E-state index is 0.00641. The minimum atomic E-state index is -2.40. The number of ether oxygens (including phenoxy) is 25. The lowest BCUT2D eigenvalue weighted by Crippen LogP contribution is -2.73. The van der Waals surface area contributed by atoms with Crippen molar-refractivity contribution in [2.45, 2.75) is 247 Å². The van der Waals surface area contributed by atoms with E-state index in [1.807, 2.05) is 18.2 Å². The number of carbonyl (C=O) groups excluding carboxylic acids is 10. The summed E-state index contributed by atoms with van der Waals surface area (Å²) in [5.41, 5.74) is 2.16. The SMILES string of the molecule is CC(=O)OC[C@H]1O[C@@H](O[C@H]2[C@H](O[C@@H]3O[C@@H](C)[C@@H](OC(=O)c4ccccc4)[C@@H](OC(=O)c4ccccc4)[C@@H]3OCc3ccccc3)[C@@H](NC(=O)OCC(Cl)(Cl)Cl)[C@H](O[C@@H]3[C@@H](NC(=O)OCC(Cl)(Cl)Cl)[C@H](O[C@H]4[C@H](OC(=O)c5ccccc5)[C@@H](OC(=O)c5ccccc5)[C@H](OCC[Si](C)(C)C)O[C@@H]4COCc4ccccc4)O[C@@H]4CO[C@H](c5ccccc5)O[C@H]34)O[C@@H]2COCc2ccccc2)[C@H](OC(C)=O)[C@@H](OC(C)=O)[C@H]1OC(C)=O. The smallest absolute Gasteiger partial charge is 0.407 e. The summed E-state index contributed by atoms with van der Waals surface area (Å²) < 4.78 is 164. The number of hydrogen-bond donors (Lipinski definition) is 2. The van der Waals surface area contributed by atoms with Crippen molar-refractivity contribution in [2.24, 2.45) is 0 Å². The number of fused-ring (bicyclic) bond motifs is 1. The molecule has 0 bridgehead atoms. The maximum absolute atomic E-state index is 15.8. The van der Waals surface area contributed by atoms with Crippen LogP contribution in [-0.4, -0.2) is 275 Å². The molecular weight excluding hydrogens is 2090 g/mol. The highest BCUT2D eigenvalue weighted by Crippen LogP contribution is 2.45. The molecule has 149 heavy (non-hydrogen) atoms. The van der Waals surface area contributed by atoms with E-state index in [9.17, 15) is 24.0 Å². The standard InChI is InChI=1S/C105H114Cl6N2O35Si/c1-60-79(140-92(118)68-39-23-12-24-40-68)86(141-93(119)69-41-25-13-26-42-69)89(128-53-67-37-21-11-22-38-67)100(132-60)148-85-78(113-103(123)131-59-105(109,110)111)98(136-73(54-124-51-65-33-17-9-18-34-65)80(85)146-101-91(135-64(5)117)87(134-63(4)116)82(133-62(3)115)75(139-101)56-127-61(2)114)147-84-77(112-102(122)130-58-104(106,107)108)97(137-76-57-129-96(144-81(76)84)72-47-31-16-32-48-72)145-83-74(55-125-52-66-35-19-10-20-36-66)138-99(126-49-50-149(6,7)8)90(143-95(121)71-45-29-15-30-46-71)88(83)142-94(120)70-43-27-14-28-44-70/h9-48,60,73-91,96-101H,49-59H2,1-8H3,(H,112,122)(H,113,123)/t60-,73+,74+,75+,76+,77+,78+,79+,80+,81-,82-,83+,84+,85+,86+,87-,88-,89-,90+,91+,96-,97-,98-,99+,100-,101-/m0/s1. The molecule has 2 N–H and O–H groups in total. The van der Waals surface area contributed by atoms with Gasteiger partial charge in [0.15, 0.2) is 80.5 Å². The van der Waals surface area contributed by atoms with Crippen LogP contribution in [0.3, 0.4) is 0 Å². The molecule has 14 rings (SSSR count). The van der Waals surface area contributed by atoms with Crippen LogP contribution in [0, 0.1) is 0 Å². The second-order valence-corrected chi connectivity index (χ2v) is 47.2. The Balaban J connectivity index is 1.01. The third-order valence-electron chi connectivity index (χ3n) is 24.0. The molecule has 6 saturated heterocycles. The quantitative estimate of drug-likeness (QED) is 0.0155. The number of hydrogen-bond acceptors (Lipinski definition) is 35. The Labute approximate surface area is 889 Å². The molecule has 8 aromatic rings. The lowest BCUT2D eigenvalue weighted by atomic mass is 9.92. The van der Waals surface area contributed by atoms with Crippen molar-refractivity contribution in [3.8, 4) is 0 Å². The molecule has 2 amide bonds. The van der Waals surface area contributed by atoms with Crippen molar-refractivity contribution in [3.05, 3.63) is 287 Å². The lowest BCUT2D eigenvalue weighted by molar-refractivity contribution is -0.399. The summed E-state index contributed by atoms with van der Waals surface area (Å²) in [6, 6.07) is 62.1. The van der Waals surface area contributed by atoms with Gasteiger partial charge in [-0.25, -0.2) is 28.8 Å². The minimum Gasteiger partial charge on any atom is -0.463 e. The molecule has 0 saturated carbocycles. The van der Waals surface area contributed by atoms with E-state index in [-0.39, 0.29) is 42.1 Å². The van der Waals surface area contributed by atoms with Gasteiger partial charge in [0.25, 0.3) is 0 Å². The van der Waals surface area contributed by atoms with Gasteiger partial charge in [-0.2, -0.15) is 0 Å². The first-order chi connectivity index (χ1) is 71.4. The highest BCUT2D eigenvalue weighted by atomic mass is 35.6. The van der Waals surface area contributed by atoms with E-state index in [4.69, 9.17) is 188 Å². The number of benzene rings is 8. The van der Waals surface area contributed by atoms with Gasteiger partial charge in [0.05, 0.1) is 68.0 Å². The van der Waals surface area contributed by atoms with Crippen molar-refractivity contribution in [2.75, 3.05) is 46.2 Å². The van der Waals surface area contributed by atoms with Crippen LogP contribution in [0.15, 0.2) is 243 Å². The van der Waals surface area contributed by atoms with Crippen LogP contribution in [0.4, 0.5) is 9.59 Å². The van der Waals surface area contributed by atoms with Gasteiger partial charge < -0.3 is 129 Å². The first kappa shape index (κ1) is 114. The van der Waals surface area contributed by atoms with E-state index in [0.29, 0.717) is 28.3 Å². The molecule has 6 fully saturated rings. The first-order valence-corrected chi connectivity index (χ1v) is 53.8. The van der Waals surface area contributed by atoms with E-state index in [1.54, 1.807) is 176 Å². The zero-order valence-electron chi connectivity index (χ0n) is 81.9. The zero-order chi connectivity index (χ0) is 106. The molecule has 0 aliphatic carbocycles. The monoisotopic (exact) mass is 2200 g/mol. The largest absolute Gasteiger partial charge is 0.463 e. The normalized spacial score (nSPS) is 27.9. The van der Waals surface area contributed by atoms with E-state index >= 15 is 24.0 Å². The molecule has 6 aliphatic heterocycles. The van der Waals surface area contributed by atoms with Crippen molar-refractivity contribution in [1.82, 2.24) is 10.6 Å². The van der Waals surface area contributed by atoms with Crippen molar-refractivity contribution in [3.63, 3.8) is 0 Å². The van der Waals surface area contributed by atoms with E-state index < -0.39 is 282 Å².